The minimum atomic E-state index is -4.48. The van der Waals surface area contributed by atoms with Crippen molar-refractivity contribution in [1.29, 1.82) is 0 Å². The Kier molecular flexibility index (Phi) is 4.49. The summed E-state index contributed by atoms with van der Waals surface area (Å²) in [6.07, 6.45) is -2.97. The van der Waals surface area contributed by atoms with Crippen LogP contribution in [0.4, 0.5) is 18.9 Å². The zero-order chi connectivity index (χ0) is 19.1. The van der Waals surface area contributed by atoms with Gasteiger partial charge in [-0.1, -0.05) is 0 Å². The number of carbonyl (C=O) groups is 2. The molecule has 0 saturated heterocycles. The first-order chi connectivity index (χ1) is 12.2. The lowest BCUT2D eigenvalue weighted by Crippen LogP contribution is -2.44. The SMILES string of the molecule is COC[C@@H]1CN(c2ccc(C(F)(F)F)cc2)C(=O)c2c(C(=O)O)ccn21. The van der Waals surface area contributed by atoms with Gasteiger partial charge in [0.2, 0.25) is 0 Å². The topological polar surface area (TPSA) is 71.8 Å². The number of fused-ring (bicyclic) bond motifs is 1. The first-order valence-corrected chi connectivity index (χ1v) is 7.66. The molecule has 1 amide bonds. The summed E-state index contributed by atoms with van der Waals surface area (Å²) in [5.74, 6) is -1.84. The highest BCUT2D eigenvalue weighted by molar-refractivity contribution is 6.11. The van der Waals surface area contributed by atoms with Crippen molar-refractivity contribution < 1.29 is 32.6 Å². The van der Waals surface area contributed by atoms with Crippen molar-refractivity contribution in [2.45, 2.75) is 12.2 Å². The molecule has 0 saturated carbocycles. The smallest absolute Gasteiger partial charge is 0.416 e. The third-order valence-electron chi connectivity index (χ3n) is 4.25. The first kappa shape index (κ1) is 18.0. The van der Waals surface area contributed by atoms with Gasteiger partial charge in [-0.15, -0.1) is 0 Å². The van der Waals surface area contributed by atoms with Gasteiger partial charge in [0.1, 0.15) is 5.69 Å². The Morgan fingerprint density at radius 3 is 2.46 bits per heavy atom. The van der Waals surface area contributed by atoms with Gasteiger partial charge in [-0.25, -0.2) is 4.79 Å². The summed E-state index contributed by atoms with van der Waals surface area (Å²) >= 11 is 0. The van der Waals surface area contributed by atoms with Crippen LogP contribution in [0, 0.1) is 0 Å². The van der Waals surface area contributed by atoms with E-state index in [4.69, 9.17) is 4.74 Å². The fraction of sp³-hybridized carbons (Fsp3) is 0.294. The quantitative estimate of drug-likeness (QED) is 0.900. The maximum atomic E-state index is 12.8. The van der Waals surface area contributed by atoms with Crippen LogP contribution in [0.3, 0.4) is 0 Å². The molecule has 1 aromatic heterocycles. The van der Waals surface area contributed by atoms with E-state index in [0.717, 1.165) is 12.1 Å². The van der Waals surface area contributed by atoms with Gasteiger partial charge in [-0.05, 0) is 30.3 Å². The minimum absolute atomic E-state index is 0.0225. The summed E-state index contributed by atoms with van der Waals surface area (Å²) in [5.41, 5.74) is -0.750. The zero-order valence-corrected chi connectivity index (χ0v) is 13.7. The van der Waals surface area contributed by atoms with Crippen LogP contribution in [0.5, 0.6) is 0 Å². The molecule has 1 atom stereocenters. The molecule has 1 aliphatic rings. The van der Waals surface area contributed by atoms with Crippen molar-refractivity contribution in [1.82, 2.24) is 4.57 Å². The number of methoxy groups -OCH3 is 1. The molecule has 26 heavy (non-hydrogen) atoms. The van der Waals surface area contributed by atoms with Crippen molar-refractivity contribution in [2.75, 3.05) is 25.2 Å². The van der Waals surface area contributed by atoms with Crippen molar-refractivity contribution >= 4 is 17.6 Å². The Balaban J connectivity index is 2.02. The third-order valence-corrected chi connectivity index (χ3v) is 4.25. The van der Waals surface area contributed by atoms with E-state index >= 15 is 0 Å². The van der Waals surface area contributed by atoms with Gasteiger partial charge in [-0.2, -0.15) is 13.2 Å². The first-order valence-electron chi connectivity index (χ1n) is 7.66. The van der Waals surface area contributed by atoms with Crippen LogP contribution in [0.2, 0.25) is 0 Å². The number of benzene rings is 1. The monoisotopic (exact) mass is 368 g/mol. The average molecular weight is 368 g/mol. The highest BCUT2D eigenvalue weighted by Gasteiger charge is 2.36. The molecule has 2 heterocycles. The number of nitrogens with zero attached hydrogens (tertiary/aromatic N) is 2. The Morgan fingerprint density at radius 2 is 1.92 bits per heavy atom. The summed E-state index contributed by atoms with van der Waals surface area (Å²) in [6, 6.07) is 5.14. The van der Waals surface area contributed by atoms with Crippen molar-refractivity contribution in [3.8, 4) is 0 Å². The van der Waals surface area contributed by atoms with E-state index in [9.17, 15) is 27.9 Å². The number of rotatable bonds is 4. The van der Waals surface area contributed by atoms with Gasteiger partial charge in [-0.3, -0.25) is 4.79 Å². The average Bonchev–Trinajstić information content (AvgIpc) is 3.03. The zero-order valence-electron chi connectivity index (χ0n) is 13.7. The molecular formula is C17H15F3N2O4. The lowest BCUT2D eigenvalue weighted by atomic mass is 10.1. The molecule has 1 aromatic carbocycles. The highest BCUT2D eigenvalue weighted by Crippen LogP contribution is 2.33. The van der Waals surface area contributed by atoms with E-state index in [0.29, 0.717) is 0 Å². The molecule has 2 aromatic rings. The number of alkyl halides is 3. The lowest BCUT2D eigenvalue weighted by Gasteiger charge is -2.34. The molecule has 0 unspecified atom stereocenters. The largest absolute Gasteiger partial charge is 0.478 e. The standard InChI is InChI=1S/C17H15F3N2O4/c1-26-9-12-8-22(11-4-2-10(3-5-11)17(18,19)20)15(23)14-13(16(24)25)6-7-21(12)14/h2-7,12H,8-9H2,1H3,(H,24,25)/t12-/m0/s1. The van der Waals surface area contributed by atoms with Gasteiger partial charge in [0.25, 0.3) is 5.91 Å². The Bertz CT molecular complexity index is 843. The maximum Gasteiger partial charge on any atom is 0.416 e. The number of aromatic carboxylic acids is 1. The minimum Gasteiger partial charge on any atom is -0.478 e. The van der Waals surface area contributed by atoms with Gasteiger partial charge >= 0.3 is 12.1 Å². The number of ether oxygens (including phenoxy) is 1. The number of hydrogen-bond donors (Lipinski definition) is 1. The van der Waals surface area contributed by atoms with Crippen LogP contribution in [-0.2, 0) is 10.9 Å². The molecule has 0 radical (unpaired) electrons. The number of carboxylic acids is 1. The number of carbonyl (C=O) groups excluding carboxylic acids is 1. The fourth-order valence-electron chi connectivity index (χ4n) is 3.04. The molecule has 0 fully saturated rings. The van der Waals surface area contributed by atoms with Gasteiger partial charge in [0.05, 0.1) is 23.8 Å². The Hall–Kier alpha value is -2.81. The van der Waals surface area contributed by atoms with E-state index in [-0.39, 0.29) is 36.1 Å². The van der Waals surface area contributed by atoms with E-state index < -0.39 is 23.6 Å². The van der Waals surface area contributed by atoms with E-state index in [2.05, 4.69) is 0 Å². The molecular weight excluding hydrogens is 353 g/mol. The highest BCUT2D eigenvalue weighted by atomic mass is 19.4. The Labute approximate surface area is 146 Å². The summed E-state index contributed by atoms with van der Waals surface area (Å²) in [4.78, 5) is 25.5. The van der Waals surface area contributed by atoms with Crippen LogP contribution >= 0.6 is 0 Å². The number of carboxylic acid groups (broad SMARTS) is 1. The van der Waals surface area contributed by atoms with Crippen LogP contribution in [0.1, 0.15) is 32.5 Å². The fourth-order valence-corrected chi connectivity index (χ4v) is 3.04. The van der Waals surface area contributed by atoms with Crippen molar-refractivity contribution in [3.63, 3.8) is 0 Å². The second-order valence-corrected chi connectivity index (χ2v) is 5.86. The number of anilines is 1. The number of aromatic nitrogens is 1. The summed E-state index contributed by atoms with van der Waals surface area (Å²) < 4.78 is 44.9. The molecule has 9 heteroatoms. The van der Waals surface area contributed by atoms with Crippen LogP contribution in [-0.4, -0.2) is 41.8 Å². The molecule has 0 aliphatic carbocycles. The number of halogens is 3. The molecule has 1 aliphatic heterocycles. The molecule has 0 bridgehead atoms. The van der Waals surface area contributed by atoms with Crippen LogP contribution in [0.15, 0.2) is 36.5 Å². The van der Waals surface area contributed by atoms with Gasteiger partial charge in [0, 0.05) is 25.5 Å². The molecule has 6 nitrogen and oxygen atoms in total. The molecule has 0 spiro atoms. The van der Waals surface area contributed by atoms with E-state index in [1.165, 1.54) is 41.0 Å². The van der Waals surface area contributed by atoms with Gasteiger partial charge < -0.3 is 19.3 Å². The number of hydrogen-bond acceptors (Lipinski definition) is 3. The van der Waals surface area contributed by atoms with Gasteiger partial charge in [0.15, 0.2) is 0 Å². The van der Waals surface area contributed by atoms with E-state index in [1.54, 1.807) is 0 Å². The van der Waals surface area contributed by atoms with Crippen LogP contribution in [0.25, 0.3) is 0 Å². The lowest BCUT2D eigenvalue weighted by molar-refractivity contribution is -0.137. The molecule has 3 rings (SSSR count). The second kappa shape index (κ2) is 6.49. The maximum absolute atomic E-state index is 12.8. The molecule has 138 valence electrons. The predicted molar refractivity (Wildman–Crippen MR) is 85.4 cm³/mol. The summed E-state index contributed by atoms with van der Waals surface area (Å²) in [5, 5.41) is 9.31. The summed E-state index contributed by atoms with van der Waals surface area (Å²) in [6.45, 7) is 0.365. The van der Waals surface area contributed by atoms with Crippen molar-refractivity contribution in [2.24, 2.45) is 0 Å². The third kappa shape index (κ3) is 3.05. The van der Waals surface area contributed by atoms with E-state index in [1.807, 2.05) is 0 Å². The molecule has 1 N–H and O–H groups in total. The predicted octanol–water partition coefficient (Wildman–Crippen LogP) is 3.05. The summed E-state index contributed by atoms with van der Waals surface area (Å²) in [7, 11) is 1.47. The second-order valence-electron chi connectivity index (χ2n) is 5.86. The Morgan fingerprint density at radius 1 is 1.27 bits per heavy atom. The normalized spacial score (nSPS) is 17.3. The van der Waals surface area contributed by atoms with Crippen molar-refractivity contribution in [3.05, 3.63) is 53.3 Å². The van der Waals surface area contributed by atoms with Crippen LogP contribution < -0.4 is 4.90 Å². The number of amides is 1.